The van der Waals surface area contributed by atoms with Gasteiger partial charge in [0.2, 0.25) is 0 Å². The summed E-state index contributed by atoms with van der Waals surface area (Å²) in [4.78, 5) is 0.662. The zero-order chi connectivity index (χ0) is 13.0. The summed E-state index contributed by atoms with van der Waals surface area (Å²) in [5, 5.41) is 0.566. The summed E-state index contributed by atoms with van der Waals surface area (Å²) in [6, 6.07) is 15.1. The van der Waals surface area contributed by atoms with Crippen LogP contribution in [0.2, 0.25) is 5.02 Å². The summed E-state index contributed by atoms with van der Waals surface area (Å²) in [6.45, 7) is 0. The van der Waals surface area contributed by atoms with Crippen LogP contribution in [-0.4, -0.2) is 9.96 Å². The molecule has 0 aromatic heterocycles. The zero-order valence-electron chi connectivity index (χ0n) is 9.80. The van der Waals surface area contributed by atoms with Crippen LogP contribution in [0.3, 0.4) is 0 Å². The molecule has 2 aromatic rings. The van der Waals surface area contributed by atoms with Crippen LogP contribution in [0.1, 0.15) is 5.56 Å². The average molecular weight is 280 g/mol. The molecule has 0 spiro atoms. The Balaban J connectivity index is 2.04. The standard InChI is InChI=1S/C14H14ClNOS/c15-12-6-7-14(13(16)10-12)18(17)9-8-11-4-2-1-3-5-11/h1-7,10H,8-9,16H2. The Hall–Kier alpha value is -1.32. The predicted molar refractivity (Wildman–Crippen MR) is 77.3 cm³/mol. The minimum Gasteiger partial charge on any atom is -0.398 e. The van der Waals surface area contributed by atoms with E-state index < -0.39 is 10.8 Å². The maximum absolute atomic E-state index is 12.1. The molecule has 1 atom stereocenters. The van der Waals surface area contributed by atoms with E-state index in [1.54, 1.807) is 18.2 Å². The molecule has 0 fully saturated rings. The summed E-state index contributed by atoms with van der Waals surface area (Å²) < 4.78 is 12.1. The van der Waals surface area contributed by atoms with Crippen molar-refractivity contribution in [1.29, 1.82) is 0 Å². The van der Waals surface area contributed by atoms with Crippen molar-refractivity contribution in [2.45, 2.75) is 11.3 Å². The van der Waals surface area contributed by atoms with E-state index in [1.807, 2.05) is 30.3 Å². The van der Waals surface area contributed by atoms with Gasteiger partial charge in [-0.25, -0.2) is 0 Å². The van der Waals surface area contributed by atoms with Crippen LogP contribution in [0, 0.1) is 0 Å². The van der Waals surface area contributed by atoms with E-state index in [0.29, 0.717) is 21.4 Å². The molecule has 0 saturated carbocycles. The van der Waals surface area contributed by atoms with Gasteiger partial charge in [-0.2, -0.15) is 0 Å². The molecule has 2 nitrogen and oxygen atoms in total. The number of halogens is 1. The molecule has 0 amide bonds. The number of aryl methyl sites for hydroxylation is 1. The minimum atomic E-state index is -1.09. The topological polar surface area (TPSA) is 43.1 Å². The average Bonchev–Trinajstić information content (AvgIpc) is 2.37. The van der Waals surface area contributed by atoms with Crippen molar-refractivity contribution in [2.75, 3.05) is 11.5 Å². The van der Waals surface area contributed by atoms with E-state index in [0.717, 1.165) is 6.42 Å². The van der Waals surface area contributed by atoms with Gasteiger partial charge >= 0.3 is 0 Å². The maximum atomic E-state index is 12.1. The van der Waals surface area contributed by atoms with Crippen molar-refractivity contribution < 1.29 is 4.21 Å². The molecule has 94 valence electrons. The monoisotopic (exact) mass is 279 g/mol. The lowest BCUT2D eigenvalue weighted by Gasteiger charge is -2.06. The number of hydrogen-bond donors (Lipinski definition) is 1. The molecule has 0 aliphatic heterocycles. The second-order valence-corrected chi connectivity index (χ2v) is 5.94. The molecule has 0 heterocycles. The van der Waals surface area contributed by atoms with Crippen LogP contribution in [-0.2, 0) is 17.2 Å². The van der Waals surface area contributed by atoms with Crippen molar-refractivity contribution in [3.8, 4) is 0 Å². The van der Waals surface area contributed by atoms with E-state index in [-0.39, 0.29) is 0 Å². The Morgan fingerprint density at radius 2 is 1.83 bits per heavy atom. The van der Waals surface area contributed by atoms with Crippen LogP contribution >= 0.6 is 11.6 Å². The molecule has 0 bridgehead atoms. The van der Waals surface area contributed by atoms with E-state index >= 15 is 0 Å². The van der Waals surface area contributed by atoms with Gasteiger partial charge in [0.1, 0.15) is 0 Å². The molecular weight excluding hydrogens is 266 g/mol. The van der Waals surface area contributed by atoms with Gasteiger partial charge in [0, 0.05) is 16.5 Å². The fourth-order valence-electron chi connectivity index (χ4n) is 1.69. The first-order valence-electron chi connectivity index (χ1n) is 5.64. The second-order valence-electron chi connectivity index (χ2n) is 3.97. The number of nitrogens with two attached hydrogens (primary N) is 1. The van der Waals surface area contributed by atoms with Crippen molar-refractivity contribution in [3.05, 3.63) is 59.1 Å². The normalized spacial score (nSPS) is 12.3. The number of nitrogen functional groups attached to an aromatic ring is 1. The highest BCUT2D eigenvalue weighted by Gasteiger charge is 2.08. The Bertz CT molecular complexity index is 557. The van der Waals surface area contributed by atoms with Crippen molar-refractivity contribution in [2.24, 2.45) is 0 Å². The molecule has 0 saturated heterocycles. The third-order valence-corrected chi connectivity index (χ3v) is 4.31. The fourth-order valence-corrected chi connectivity index (χ4v) is 3.06. The summed E-state index contributed by atoms with van der Waals surface area (Å²) in [5.41, 5.74) is 7.49. The largest absolute Gasteiger partial charge is 0.398 e. The molecule has 2 N–H and O–H groups in total. The number of rotatable bonds is 4. The highest BCUT2D eigenvalue weighted by molar-refractivity contribution is 7.85. The van der Waals surface area contributed by atoms with Crippen LogP contribution < -0.4 is 5.73 Å². The van der Waals surface area contributed by atoms with Crippen LogP contribution in [0.5, 0.6) is 0 Å². The van der Waals surface area contributed by atoms with Crippen molar-refractivity contribution in [3.63, 3.8) is 0 Å². The first-order chi connectivity index (χ1) is 8.66. The van der Waals surface area contributed by atoms with Gasteiger partial charge in [0.25, 0.3) is 0 Å². The Kier molecular flexibility index (Phi) is 4.39. The number of anilines is 1. The van der Waals surface area contributed by atoms with E-state index in [2.05, 4.69) is 0 Å². The molecule has 2 rings (SSSR count). The fraction of sp³-hybridized carbons (Fsp3) is 0.143. The maximum Gasteiger partial charge on any atom is 0.0618 e. The minimum absolute atomic E-state index is 0.494. The quantitative estimate of drug-likeness (QED) is 0.873. The van der Waals surface area contributed by atoms with E-state index in [9.17, 15) is 4.21 Å². The molecule has 2 aromatic carbocycles. The highest BCUT2D eigenvalue weighted by atomic mass is 35.5. The van der Waals surface area contributed by atoms with Crippen molar-refractivity contribution >= 4 is 28.1 Å². The summed E-state index contributed by atoms with van der Waals surface area (Å²) in [5.74, 6) is 0.565. The van der Waals surface area contributed by atoms with E-state index in [1.165, 1.54) is 5.56 Å². The van der Waals surface area contributed by atoms with Crippen molar-refractivity contribution in [1.82, 2.24) is 0 Å². The molecule has 0 radical (unpaired) electrons. The van der Waals surface area contributed by atoms with Crippen LogP contribution in [0.25, 0.3) is 0 Å². The molecule has 18 heavy (non-hydrogen) atoms. The smallest absolute Gasteiger partial charge is 0.0618 e. The Morgan fingerprint density at radius 3 is 2.50 bits per heavy atom. The van der Waals surface area contributed by atoms with Gasteiger partial charge in [0.05, 0.1) is 15.7 Å². The van der Waals surface area contributed by atoms with Crippen LogP contribution in [0.15, 0.2) is 53.4 Å². The SMILES string of the molecule is Nc1cc(Cl)ccc1S(=O)CCc1ccccc1. The van der Waals surface area contributed by atoms with E-state index in [4.69, 9.17) is 17.3 Å². The molecular formula is C14H14ClNOS. The lowest BCUT2D eigenvalue weighted by molar-refractivity contribution is 0.682. The zero-order valence-corrected chi connectivity index (χ0v) is 11.4. The number of hydrogen-bond acceptors (Lipinski definition) is 2. The Labute approximate surface area is 114 Å². The molecule has 4 heteroatoms. The van der Waals surface area contributed by atoms with Gasteiger partial charge < -0.3 is 5.73 Å². The lowest BCUT2D eigenvalue weighted by atomic mass is 10.2. The molecule has 1 unspecified atom stereocenters. The highest BCUT2D eigenvalue weighted by Crippen LogP contribution is 2.21. The lowest BCUT2D eigenvalue weighted by Crippen LogP contribution is -2.04. The molecule has 0 aliphatic carbocycles. The molecule has 0 aliphatic rings. The van der Waals surface area contributed by atoms with Crippen LogP contribution in [0.4, 0.5) is 5.69 Å². The van der Waals surface area contributed by atoms with Gasteiger partial charge in [-0.05, 0) is 30.2 Å². The first kappa shape index (κ1) is 13.1. The van der Waals surface area contributed by atoms with Gasteiger partial charge in [-0.3, -0.25) is 4.21 Å². The Morgan fingerprint density at radius 1 is 1.11 bits per heavy atom. The third-order valence-electron chi connectivity index (χ3n) is 2.64. The summed E-state index contributed by atoms with van der Waals surface area (Å²) in [7, 11) is -1.09. The first-order valence-corrected chi connectivity index (χ1v) is 7.34. The summed E-state index contributed by atoms with van der Waals surface area (Å²) in [6.07, 6.45) is 0.773. The predicted octanol–water partition coefficient (Wildman–Crippen LogP) is 3.27. The van der Waals surface area contributed by atoms with Gasteiger partial charge in [-0.1, -0.05) is 41.9 Å². The van der Waals surface area contributed by atoms with Gasteiger partial charge in [-0.15, -0.1) is 0 Å². The number of benzene rings is 2. The summed E-state index contributed by atoms with van der Waals surface area (Å²) >= 11 is 5.82. The van der Waals surface area contributed by atoms with Gasteiger partial charge in [0.15, 0.2) is 0 Å². The third kappa shape index (κ3) is 3.34. The second kappa shape index (κ2) is 6.03.